The van der Waals surface area contributed by atoms with Crippen molar-refractivity contribution in [2.45, 2.75) is 6.92 Å². The van der Waals surface area contributed by atoms with E-state index in [0.717, 1.165) is 5.76 Å². The Morgan fingerprint density at radius 2 is 1.95 bits per heavy atom. The minimum atomic E-state index is -0.380. The second kappa shape index (κ2) is 5.46. The fourth-order valence-electron chi connectivity index (χ4n) is 1.86. The second-order valence-corrected chi connectivity index (χ2v) is 4.84. The van der Waals surface area contributed by atoms with E-state index in [4.69, 9.17) is 20.4 Å². The standard InChI is InChI=1S/C15H11ClN2O3/c1-9-2-7-12(21-9)14-13(17-8-20-14)15(19)18-11-5-3-10(16)4-6-11/h2-8H,1H3,(H,18,19). The van der Waals surface area contributed by atoms with Gasteiger partial charge in [0.25, 0.3) is 5.91 Å². The molecule has 0 bridgehead atoms. The third-order valence-corrected chi connectivity index (χ3v) is 3.10. The fourth-order valence-corrected chi connectivity index (χ4v) is 1.99. The van der Waals surface area contributed by atoms with Gasteiger partial charge < -0.3 is 14.2 Å². The Kier molecular flexibility index (Phi) is 3.50. The summed E-state index contributed by atoms with van der Waals surface area (Å²) in [5.41, 5.74) is 0.785. The predicted molar refractivity (Wildman–Crippen MR) is 78.3 cm³/mol. The third kappa shape index (κ3) is 2.83. The number of carbonyl (C=O) groups excluding carboxylic acids is 1. The van der Waals surface area contributed by atoms with Gasteiger partial charge in [0.15, 0.2) is 17.8 Å². The molecular formula is C15H11ClN2O3. The van der Waals surface area contributed by atoms with E-state index in [1.54, 1.807) is 36.4 Å². The first-order chi connectivity index (χ1) is 10.1. The van der Waals surface area contributed by atoms with Crippen molar-refractivity contribution in [3.8, 4) is 11.5 Å². The highest BCUT2D eigenvalue weighted by molar-refractivity contribution is 6.30. The average Bonchev–Trinajstić information content (AvgIpc) is 3.09. The van der Waals surface area contributed by atoms with Gasteiger partial charge >= 0.3 is 0 Å². The predicted octanol–water partition coefficient (Wildman–Crippen LogP) is 4.15. The molecule has 2 aromatic heterocycles. The number of benzene rings is 1. The molecule has 3 rings (SSSR count). The lowest BCUT2D eigenvalue weighted by atomic mass is 10.2. The molecule has 21 heavy (non-hydrogen) atoms. The van der Waals surface area contributed by atoms with Crippen molar-refractivity contribution in [3.05, 3.63) is 59.3 Å². The third-order valence-electron chi connectivity index (χ3n) is 2.85. The Morgan fingerprint density at radius 3 is 2.62 bits per heavy atom. The normalized spacial score (nSPS) is 10.6. The smallest absolute Gasteiger partial charge is 0.278 e. The van der Waals surface area contributed by atoms with Crippen molar-refractivity contribution >= 4 is 23.2 Å². The van der Waals surface area contributed by atoms with Crippen molar-refractivity contribution in [1.29, 1.82) is 0 Å². The van der Waals surface area contributed by atoms with E-state index in [1.807, 2.05) is 6.92 Å². The summed E-state index contributed by atoms with van der Waals surface area (Å²) in [6.45, 7) is 1.81. The van der Waals surface area contributed by atoms with E-state index in [2.05, 4.69) is 10.3 Å². The number of oxazole rings is 1. The number of aromatic nitrogens is 1. The molecule has 0 aliphatic heterocycles. The van der Waals surface area contributed by atoms with Gasteiger partial charge in [0.2, 0.25) is 5.76 Å². The zero-order chi connectivity index (χ0) is 14.8. The van der Waals surface area contributed by atoms with E-state index >= 15 is 0 Å². The van der Waals surface area contributed by atoms with Gasteiger partial charge in [-0.2, -0.15) is 0 Å². The van der Waals surface area contributed by atoms with E-state index in [9.17, 15) is 4.79 Å². The zero-order valence-electron chi connectivity index (χ0n) is 11.1. The lowest BCUT2D eigenvalue weighted by Crippen LogP contribution is -2.13. The molecule has 1 N–H and O–H groups in total. The van der Waals surface area contributed by atoms with Gasteiger partial charge in [-0.3, -0.25) is 4.79 Å². The van der Waals surface area contributed by atoms with Gasteiger partial charge in [-0.1, -0.05) is 11.6 Å². The van der Waals surface area contributed by atoms with Crippen LogP contribution in [0.4, 0.5) is 5.69 Å². The molecule has 0 saturated heterocycles. The summed E-state index contributed by atoms with van der Waals surface area (Å²) in [6.07, 6.45) is 1.21. The summed E-state index contributed by atoms with van der Waals surface area (Å²) in [5.74, 6) is 1.11. The SMILES string of the molecule is Cc1ccc(-c2ocnc2C(=O)Nc2ccc(Cl)cc2)o1. The maximum absolute atomic E-state index is 12.3. The number of nitrogens with one attached hydrogen (secondary N) is 1. The maximum atomic E-state index is 12.3. The number of halogens is 1. The molecule has 0 fully saturated rings. The molecule has 3 aromatic rings. The molecule has 5 nitrogen and oxygen atoms in total. The maximum Gasteiger partial charge on any atom is 0.278 e. The Hall–Kier alpha value is -2.53. The summed E-state index contributed by atoms with van der Waals surface area (Å²) >= 11 is 5.80. The summed E-state index contributed by atoms with van der Waals surface area (Å²) in [4.78, 5) is 16.2. The van der Waals surface area contributed by atoms with Crippen molar-refractivity contribution in [1.82, 2.24) is 4.98 Å². The van der Waals surface area contributed by atoms with Crippen LogP contribution < -0.4 is 5.32 Å². The number of hydrogen-bond acceptors (Lipinski definition) is 4. The van der Waals surface area contributed by atoms with Crippen LogP contribution in [-0.2, 0) is 0 Å². The molecule has 0 unspecified atom stereocenters. The molecule has 0 aliphatic rings. The highest BCUT2D eigenvalue weighted by Crippen LogP contribution is 2.26. The largest absolute Gasteiger partial charge is 0.458 e. The van der Waals surface area contributed by atoms with Gasteiger partial charge in [0.05, 0.1) is 0 Å². The highest BCUT2D eigenvalue weighted by atomic mass is 35.5. The van der Waals surface area contributed by atoms with E-state index in [0.29, 0.717) is 22.2 Å². The molecule has 0 radical (unpaired) electrons. The quantitative estimate of drug-likeness (QED) is 0.789. The van der Waals surface area contributed by atoms with Crippen molar-refractivity contribution < 1.29 is 13.6 Å². The van der Waals surface area contributed by atoms with Crippen LogP contribution in [-0.4, -0.2) is 10.9 Å². The lowest BCUT2D eigenvalue weighted by molar-refractivity contribution is 0.102. The van der Waals surface area contributed by atoms with Crippen molar-refractivity contribution in [3.63, 3.8) is 0 Å². The van der Waals surface area contributed by atoms with Crippen LogP contribution in [0, 0.1) is 6.92 Å². The number of carbonyl (C=O) groups is 1. The van der Waals surface area contributed by atoms with Gasteiger partial charge in [-0.05, 0) is 43.3 Å². The van der Waals surface area contributed by atoms with Gasteiger partial charge in [0, 0.05) is 10.7 Å². The van der Waals surface area contributed by atoms with Crippen LogP contribution in [0.5, 0.6) is 0 Å². The average molecular weight is 303 g/mol. The molecule has 106 valence electrons. The Balaban J connectivity index is 1.86. The minimum Gasteiger partial charge on any atom is -0.458 e. The van der Waals surface area contributed by atoms with Crippen LogP contribution in [0.3, 0.4) is 0 Å². The summed E-state index contributed by atoms with van der Waals surface area (Å²) in [7, 11) is 0. The first kappa shape index (κ1) is 13.5. The first-order valence-electron chi connectivity index (χ1n) is 6.21. The van der Waals surface area contributed by atoms with Crippen LogP contribution in [0.1, 0.15) is 16.2 Å². The first-order valence-corrected chi connectivity index (χ1v) is 6.58. The lowest BCUT2D eigenvalue weighted by Gasteiger charge is -2.03. The molecule has 2 heterocycles. The number of nitrogens with zero attached hydrogens (tertiary/aromatic N) is 1. The number of hydrogen-bond donors (Lipinski definition) is 1. The molecule has 6 heteroatoms. The van der Waals surface area contributed by atoms with Crippen LogP contribution in [0.15, 0.2) is 51.6 Å². The number of furan rings is 1. The van der Waals surface area contributed by atoms with Crippen LogP contribution >= 0.6 is 11.6 Å². The van der Waals surface area contributed by atoms with Crippen molar-refractivity contribution in [2.24, 2.45) is 0 Å². The van der Waals surface area contributed by atoms with Crippen LogP contribution in [0.2, 0.25) is 5.02 Å². The van der Waals surface area contributed by atoms with Crippen molar-refractivity contribution in [2.75, 3.05) is 5.32 Å². The van der Waals surface area contributed by atoms with Gasteiger partial charge in [-0.15, -0.1) is 0 Å². The Morgan fingerprint density at radius 1 is 1.19 bits per heavy atom. The second-order valence-electron chi connectivity index (χ2n) is 4.40. The highest BCUT2D eigenvalue weighted by Gasteiger charge is 2.20. The molecule has 0 atom stereocenters. The summed E-state index contributed by atoms with van der Waals surface area (Å²) < 4.78 is 10.7. The molecule has 0 aliphatic carbocycles. The number of aryl methyl sites for hydroxylation is 1. The van der Waals surface area contributed by atoms with E-state index in [1.165, 1.54) is 6.39 Å². The van der Waals surface area contributed by atoms with Gasteiger partial charge in [0.1, 0.15) is 5.76 Å². The van der Waals surface area contributed by atoms with E-state index in [-0.39, 0.29) is 11.6 Å². The molecular weight excluding hydrogens is 292 g/mol. The topological polar surface area (TPSA) is 68.3 Å². The summed E-state index contributed by atoms with van der Waals surface area (Å²) in [6, 6.07) is 10.3. The Bertz CT molecular complexity index is 774. The zero-order valence-corrected chi connectivity index (χ0v) is 11.8. The van der Waals surface area contributed by atoms with Crippen LogP contribution in [0.25, 0.3) is 11.5 Å². The summed E-state index contributed by atoms with van der Waals surface area (Å²) in [5, 5.41) is 3.33. The number of rotatable bonds is 3. The molecule has 0 spiro atoms. The Labute approximate surface area is 125 Å². The number of amides is 1. The molecule has 1 amide bonds. The van der Waals surface area contributed by atoms with Gasteiger partial charge in [-0.25, -0.2) is 4.98 Å². The monoisotopic (exact) mass is 302 g/mol. The fraction of sp³-hybridized carbons (Fsp3) is 0.0667. The minimum absolute atomic E-state index is 0.166. The number of anilines is 1. The molecule has 0 saturated carbocycles. The molecule has 1 aromatic carbocycles. The van der Waals surface area contributed by atoms with E-state index < -0.39 is 0 Å².